The van der Waals surface area contributed by atoms with Crippen molar-refractivity contribution >= 4 is 11.9 Å². The van der Waals surface area contributed by atoms with Gasteiger partial charge in [-0.25, -0.2) is 0 Å². The largest absolute Gasteiger partial charge is 0.416 e. The molecule has 3 rings (SSSR count). The van der Waals surface area contributed by atoms with Crippen molar-refractivity contribution in [1.82, 2.24) is 4.90 Å². The molecule has 0 spiro atoms. The number of halogens is 6. The molecule has 0 saturated carbocycles. The van der Waals surface area contributed by atoms with Crippen LogP contribution in [0.25, 0.3) is 0 Å². The SMILES string of the molecule is NC(N)=NC(=O)CN1CCC[C@H](OCc2cc(C(F)(F)F)cc(C(F)(F)F)c2)[C@@H]1c1ccccc1. The molecule has 1 aliphatic heterocycles. The van der Waals surface area contributed by atoms with Crippen molar-refractivity contribution in [3.63, 3.8) is 0 Å². The minimum absolute atomic E-state index is 0.0773. The number of carbonyl (C=O) groups is 1. The molecule has 6 nitrogen and oxygen atoms in total. The zero-order valence-electron chi connectivity index (χ0n) is 18.4. The molecule has 190 valence electrons. The molecule has 0 bridgehead atoms. The van der Waals surface area contributed by atoms with E-state index in [2.05, 4.69) is 4.99 Å². The van der Waals surface area contributed by atoms with Crippen molar-refractivity contribution in [2.45, 2.75) is 43.9 Å². The lowest BCUT2D eigenvalue weighted by Crippen LogP contribution is -2.45. The second-order valence-electron chi connectivity index (χ2n) is 8.16. The topological polar surface area (TPSA) is 93.9 Å². The summed E-state index contributed by atoms with van der Waals surface area (Å²) in [4.78, 5) is 17.5. The maximum Gasteiger partial charge on any atom is 0.416 e. The van der Waals surface area contributed by atoms with E-state index >= 15 is 0 Å². The fraction of sp³-hybridized carbons (Fsp3) is 0.391. The Hall–Kier alpha value is -3.12. The molecule has 0 unspecified atom stereocenters. The number of hydrogen-bond donors (Lipinski definition) is 2. The van der Waals surface area contributed by atoms with Gasteiger partial charge in [0.25, 0.3) is 5.91 Å². The summed E-state index contributed by atoms with van der Waals surface area (Å²) in [7, 11) is 0. The first kappa shape index (κ1) is 26.5. The van der Waals surface area contributed by atoms with E-state index in [4.69, 9.17) is 16.2 Å². The number of piperidine rings is 1. The van der Waals surface area contributed by atoms with Crippen molar-refractivity contribution in [3.05, 3.63) is 70.8 Å². The molecule has 1 heterocycles. The van der Waals surface area contributed by atoms with Gasteiger partial charge >= 0.3 is 12.4 Å². The molecule has 0 aromatic heterocycles. The fourth-order valence-electron chi connectivity index (χ4n) is 4.11. The normalized spacial score (nSPS) is 19.4. The molecule has 0 radical (unpaired) electrons. The summed E-state index contributed by atoms with van der Waals surface area (Å²) >= 11 is 0. The van der Waals surface area contributed by atoms with Gasteiger partial charge in [0.1, 0.15) is 0 Å². The van der Waals surface area contributed by atoms with Crippen molar-refractivity contribution in [2.75, 3.05) is 13.1 Å². The standard InChI is InChI=1S/C23H24F6N4O2/c24-22(25,26)16-9-14(10-17(11-16)23(27,28)29)13-35-18-7-4-8-33(12-19(34)32-21(30)31)20(18)15-5-2-1-3-6-15/h1-3,5-6,9-11,18,20H,4,7-8,12-13H2,(H4,30,31,32,34)/t18-,20-/m0/s1. The Morgan fingerprint density at radius 1 is 1.00 bits per heavy atom. The van der Waals surface area contributed by atoms with Gasteiger partial charge in [-0.1, -0.05) is 30.3 Å². The second kappa shape index (κ2) is 10.6. The van der Waals surface area contributed by atoms with Crippen LogP contribution in [0.15, 0.2) is 53.5 Å². The Balaban J connectivity index is 1.88. The number of benzene rings is 2. The molecule has 12 heteroatoms. The second-order valence-corrected chi connectivity index (χ2v) is 8.16. The monoisotopic (exact) mass is 502 g/mol. The molecule has 2 aromatic carbocycles. The molecule has 1 fully saturated rings. The van der Waals surface area contributed by atoms with Crippen molar-refractivity contribution < 1.29 is 35.9 Å². The van der Waals surface area contributed by atoms with Gasteiger partial charge in [0.2, 0.25) is 0 Å². The quantitative estimate of drug-likeness (QED) is 0.350. The summed E-state index contributed by atoms with van der Waals surface area (Å²) in [6, 6.07) is 9.83. The number of hydrogen-bond acceptors (Lipinski definition) is 3. The smallest absolute Gasteiger partial charge is 0.372 e. The molecule has 4 N–H and O–H groups in total. The predicted octanol–water partition coefficient (Wildman–Crippen LogP) is 4.25. The molecular formula is C23H24F6N4O2. The van der Waals surface area contributed by atoms with Gasteiger partial charge in [0.15, 0.2) is 5.96 Å². The number of amides is 1. The maximum atomic E-state index is 13.2. The zero-order valence-corrected chi connectivity index (χ0v) is 18.4. The van der Waals surface area contributed by atoms with Crippen LogP contribution in [0.4, 0.5) is 26.3 Å². The van der Waals surface area contributed by atoms with E-state index in [9.17, 15) is 31.1 Å². The number of likely N-dealkylation sites (tertiary alicyclic amines) is 1. The molecule has 1 aliphatic rings. The number of ether oxygens (including phenoxy) is 1. The average molecular weight is 502 g/mol. The summed E-state index contributed by atoms with van der Waals surface area (Å²) in [5.41, 5.74) is 8.25. The lowest BCUT2D eigenvalue weighted by molar-refractivity contribution is -0.143. The first-order valence-electron chi connectivity index (χ1n) is 10.7. The van der Waals surface area contributed by atoms with Crippen LogP contribution in [0.3, 0.4) is 0 Å². The minimum Gasteiger partial charge on any atom is -0.372 e. The van der Waals surface area contributed by atoms with Crippen LogP contribution in [-0.4, -0.2) is 36.0 Å². The van der Waals surface area contributed by atoms with E-state index in [1.165, 1.54) is 0 Å². The Labute approximate surface area is 197 Å². The van der Waals surface area contributed by atoms with E-state index in [1.54, 1.807) is 35.2 Å². The Morgan fingerprint density at radius 3 is 2.14 bits per heavy atom. The van der Waals surface area contributed by atoms with Crippen LogP contribution < -0.4 is 11.5 Å². The van der Waals surface area contributed by atoms with E-state index in [0.717, 1.165) is 5.56 Å². The minimum atomic E-state index is -4.95. The molecule has 2 aromatic rings. The number of rotatable bonds is 6. The highest BCUT2D eigenvalue weighted by molar-refractivity contribution is 5.92. The summed E-state index contributed by atoms with van der Waals surface area (Å²) < 4.78 is 85.1. The van der Waals surface area contributed by atoms with Crippen molar-refractivity contribution in [3.8, 4) is 0 Å². The molecule has 1 amide bonds. The zero-order chi connectivity index (χ0) is 25.8. The van der Waals surface area contributed by atoms with Gasteiger partial charge in [-0.05, 0) is 48.7 Å². The highest BCUT2D eigenvalue weighted by atomic mass is 19.4. The number of aliphatic imine (C=N–C) groups is 1. The van der Waals surface area contributed by atoms with E-state index in [0.29, 0.717) is 31.5 Å². The van der Waals surface area contributed by atoms with E-state index in [1.807, 2.05) is 0 Å². The summed E-state index contributed by atoms with van der Waals surface area (Å²) in [5, 5.41) is 0. The number of guanidine groups is 1. The van der Waals surface area contributed by atoms with Gasteiger partial charge in [0.05, 0.1) is 36.4 Å². The van der Waals surface area contributed by atoms with E-state index < -0.39 is 48.1 Å². The van der Waals surface area contributed by atoms with Crippen molar-refractivity contribution in [1.29, 1.82) is 0 Å². The van der Waals surface area contributed by atoms with E-state index in [-0.39, 0.29) is 24.1 Å². The molecule has 0 aliphatic carbocycles. The van der Waals surface area contributed by atoms with Crippen LogP contribution in [0.1, 0.15) is 41.1 Å². The number of nitrogens with zero attached hydrogens (tertiary/aromatic N) is 2. The third-order valence-corrected chi connectivity index (χ3v) is 5.52. The van der Waals surface area contributed by atoms with Crippen LogP contribution >= 0.6 is 0 Å². The van der Waals surface area contributed by atoms with Crippen LogP contribution in [0.2, 0.25) is 0 Å². The van der Waals surface area contributed by atoms with Gasteiger partial charge < -0.3 is 16.2 Å². The van der Waals surface area contributed by atoms with Gasteiger partial charge in [-0.15, -0.1) is 0 Å². The predicted molar refractivity (Wildman–Crippen MR) is 116 cm³/mol. The molecule has 35 heavy (non-hydrogen) atoms. The molecular weight excluding hydrogens is 478 g/mol. The van der Waals surface area contributed by atoms with Crippen molar-refractivity contribution in [2.24, 2.45) is 16.5 Å². The number of alkyl halides is 6. The van der Waals surface area contributed by atoms with Gasteiger partial charge in [0, 0.05) is 0 Å². The Bertz CT molecular complexity index is 1020. The maximum absolute atomic E-state index is 13.2. The highest BCUT2D eigenvalue weighted by Crippen LogP contribution is 2.38. The average Bonchev–Trinajstić information content (AvgIpc) is 2.76. The summed E-state index contributed by atoms with van der Waals surface area (Å²) in [5.74, 6) is -0.972. The lowest BCUT2D eigenvalue weighted by atomic mass is 9.92. The molecule has 2 atom stereocenters. The third kappa shape index (κ3) is 7.18. The first-order valence-corrected chi connectivity index (χ1v) is 10.7. The third-order valence-electron chi connectivity index (χ3n) is 5.52. The first-order chi connectivity index (χ1) is 16.3. The number of nitrogens with two attached hydrogens (primary N) is 2. The van der Waals surface area contributed by atoms with Gasteiger partial charge in [-0.3, -0.25) is 9.69 Å². The van der Waals surface area contributed by atoms with Crippen LogP contribution in [-0.2, 0) is 28.5 Å². The van der Waals surface area contributed by atoms with Crippen LogP contribution in [0, 0.1) is 0 Å². The summed E-state index contributed by atoms with van der Waals surface area (Å²) in [6.45, 7) is -0.122. The fourth-order valence-corrected chi connectivity index (χ4v) is 4.11. The Morgan fingerprint density at radius 2 is 1.60 bits per heavy atom. The lowest BCUT2D eigenvalue weighted by Gasteiger charge is -2.41. The highest BCUT2D eigenvalue weighted by Gasteiger charge is 2.38. The Kier molecular flexibility index (Phi) is 8.06. The molecule has 1 saturated heterocycles. The van der Waals surface area contributed by atoms with Gasteiger partial charge in [-0.2, -0.15) is 31.3 Å². The summed E-state index contributed by atoms with van der Waals surface area (Å²) in [6.07, 6.45) is -9.44. The number of carbonyl (C=O) groups excluding carboxylic acids is 1. The van der Waals surface area contributed by atoms with Crippen LogP contribution in [0.5, 0.6) is 0 Å².